The van der Waals surface area contributed by atoms with Crippen molar-refractivity contribution in [2.24, 2.45) is 0 Å². The number of nitrogens with zero attached hydrogens (tertiary/aromatic N) is 2. The van der Waals surface area contributed by atoms with E-state index in [4.69, 9.17) is 10.3 Å². The van der Waals surface area contributed by atoms with E-state index >= 15 is 0 Å². The number of aromatic nitrogens is 2. The number of aromatic hydroxyl groups is 1. The third kappa shape index (κ3) is 1.91. The van der Waals surface area contributed by atoms with Gasteiger partial charge < -0.3 is 10.8 Å². The molecule has 1 heterocycles. The van der Waals surface area contributed by atoms with Gasteiger partial charge in [-0.1, -0.05) is 12.1 Å². The zero-order valence-corrected chi connectivity index (χ0v) is 10.2. The van der Waals surface area contributed by atoms with Crippen molar-refractivity contribution in [1.82, 2.24) is 9.78 Å². The van der Waals surface area contributed by atoms with Crippen LogP contribution in [0.15, 0.2) is 29.2 Å². The van der Waals surface area contributed by atoms with Gasteiger partial charge in [0.2, 0.25) is 0 Å². The molecular weight excluding hydrogens is 258 g/mol. The Morgan fingerprint density at radius 3 is 2.44 bits per heavy atom. The summed E-state index contributed by atoms with van der Waals surface area (Å²) in [5.74, 6) is -0.316. The number of nitrogen functional groups attached to an aromatic ring is 1. The summed E-state index contributed by atoms with van der Waals surface area (Å²) in [5.41, 5.74) is 5.95. The van der Waals surface area contributed by atoms with Gasteiger partial charge in [0.25, 0.3) is 10.1 Å². The Morgan fingerprint density at radius 1 is 1.33 bits per heavy atom. The number of rotatable bonds is 2. The molecule has 2 rings (SSSR count). The van der Waals surface area contributed by atoms with Gasteiger partial charge in [0.05, 0.1) is 5.69 Å². The highest BCUT2D eigenvalue weighted by Gasteiger charge is 2.20. The molecular formula is C10H11N3O4S. The van der Waals surface area contributed by atoms with E-state index in [1.807, 2.05) is 0 Å². The average Bonchev–Trinajstić information content (AvgIpc) is 2.56. The number of para-hydroxylation sites is 1. The van der Waals surface area contributed by atoms with Crippen molar-refractivity contribution in [2.45, 2.75) is 11.8 Å². The predicted molar refractivity (Wildman–Crippen MR) is 64.2 cm³/mol. The van der Waals surface area contributed by atoms with Crippen LogP contribution in [0, 0.1) is 6.92 Å². The van der Waals surface area contributed by atoms with E-state index < -0.39 is 10.1 Å². The first-order valence-corrected chi connectivity index (χ1v) is 6.37. The molecule has 96 valence electrons. The van der Waals surface area contributed by atoms with Crippen LogP contribution in [0.1, 0.15) is 5.69 Å². The summed E-state index contributed by atoms with van der Waals surface area (Å²) in [6.07, 6.45) is 0. The van der Waals surface area contributed by atoms with Gasteiger partial charge >= 0.3 is 0 Å². The molecule has 8 heteroatoms. The molecule has 4 N–H and O–H groups in total. The summed E-state index contributed by atoms with van der Waals surface area (Å²) in [4.78, 5) is -0.334. The Labute approximate surface area is 103 Å². The number of anilines is 1. The SMILES string of the molecule is Cc1nn(-c2ccccc2S(=O)(=O)O)c(N)c1O. The van der Waals surface area contributed by atoms with Crippen LogP contribution < -0.4 is 5.73 Å². The molecule has 0 aliphatic heterocycles. The third-order valence-electron chi connectivity index (χ3n) is 2.43. The molecule has 7 nitrogen and oxygen atoms in total. The van der Waals surface area contributed by atoms with Gasteiger partial charge in [-0.3, -0.25) is 4.55 Å². The molecule has 0 radical (unpaired) electrons. The first kappa shape index (κ1) is 12.4. The van der Waals surface area contributed by atoms with Crippen LogP contribution in [-0.2, 0) is 10.1 Å². The highest BCUT2D eigenvalue weighted by molar-refractivity contribution is 7.86. The molecule has 18 heavy (non-hydrogen) atoms. The Morgan fingerprint density at radius 2 is 1.94 bits per heavy atom. The smallest absolute Gasteiger partial charge is 0.296 e. The van der Waals surface area contributed by atoms with Crippen LogP contribution in [-0.4, -0.2) is 27.9 Å². The number of nitrogens with two attached hydrogens (primary N) is 1. The first-order chi connectivity index (χ1) is 8.32. The fourth-order valence-corrected chi connectivity index (χ4v) is 2.24. The maximum atomic E-state index is 11.2. The Balaban J connectivity index is 2.76. The van der Waals surface area contributed by atoms with E-state index in [2.05, 4.69) is 5.10 Å². The van der Waals surface area contributed by atoms with Crippen molar-refractivity contribution < 1.29 is 18.1 Å². The standard InChI is InChI=1S/C10H11N3O4S/c1-6-9(14)10(11)13(12-6)7-4-2-3-5-8(7)18(15,16)17/h2-5,14H,11H2,1H3,(H,15,16,17). The molecule has 0 spiro atoms. The van der Waals surface area contributed by atoms with Crippen LogP contribution >= 0.6 is 0 Å². The Kier molecular flexibility index (Phi) is 2.76. The van der Waals surface area contributed by atoms with Crippen molar-refractivity contribution in [2.75, 3.05) is 5.73 Å². The third-order valence-corrected chi connectivity index (χ3v) is 3.34. The van der Waals surface area contributed by atoms with Crippen LogP contribution in [0.25, 0.3) is 5.69 Å². The predicted octanol–water partition coefficient (Wildman–Crippen LogP) is 0.715. The van der Waals surface area contributed by atoms with E-state index in [0.717, 1.165) is 4.68 Å². The highest BCUT2D eigenvalue weighted by atomic mass is 32.2. The lowest BCUT2D eigenvalue weighted by Crippen LogP contribution is -2.08. The maximum Gasteiger partial charge on any atom is 0.296 e. The molecule has 0 bridgehead atoms. The quantitative estimate of drug-likeness (QED) is 0.691. The molecule has 0 aliphatic carbocycles. The minimum Gasteiger partial charge on any atom is -0.503 e. The second-order valence-corrected chi connectivity index (χ2v) is 5.06. The van der Waals surface area contributed by atoms with Gasteiger partial charge in [-0.2, -0.15) is 13.5 Å². The molecule has 0 unspecified atom stereocenters. The first-order valence-electron chi connectivity index (χ1n) is 4.93. The Bertz CT molecular complexity index is 706. The lowest BCUT2D eigenvalue weighted by atomic mass is 10.3. The molecule has 0 saturated heterocycles. The number of benzene rings is 1. The lowest BCUT2D eigenvalue weighted by Gasteiger charge is -2.08. The summed E-state index contributed by atoms with van der Waals surface area (Å²) in [7, 11) is -4.40. The second-order valence-electron chi connectivity index (χ2n) is 3.67. The zero-order chi connectivity index (χ0) is 13.5. The summed E-state index contributed by atoms with van der Waals surface area (Å²) < 4.78 is 32.7. The lowest BCUT2D eigenvalue weighted by molar-refractivity contribution is 0.473. The van der Waals surface area contributed by atoms with Gasteiger partial charge in [0.15, 0.2) is 11.6 Å². The molecule has 0 fully saturated rings. The number of aryl methyl sites for hydroxylation is 1. The van der Waals surface area contributed by atoms with E-state index in [-0.39, 0.29) is 27.8 Å². The molecule has 2 aromatic rings. The molecule has 0 atom stereocenters. The topological polar surface area (TPSA) is 118 Å². The van der Waals surface area contributed by atoms with Crippen molar-refractivity contribution >= 4 is 15.9 Å². The largest absolute Gasteiger partial charge is 0.503 e. The van der Waals surface area contributed by atoms with Crippen LogP contribution in [0.3, 0.4) is 0 Å². The summed E-state index contributed by atoms with van der Waals surface area (Å²) in [5, 5.41) is 13.5. The van der Waals surface area contributed by atoms with Gasteiger partial charge in [-0.25, -0.2) is 4.68 Å². The molecule has 0 saturated carbocycles. The molecule has 0 aliphatic rings. The van der Waals surface area contributed by atoms with Gasteiger partial charge in [0, 0.05) is 0 Å². The fourth-order valence-electron chi connectivity index (χ4n) is 1.57. The van der Waals surface area contributed by atoms with E-state index in [9.17, 15) is 13.5 Å². The fraction of sp³-hybridized carbons (Fsp3) is 0.100. The van der Waals surface area contributed by atoms with E-state index in [1.54, 1.807) is 6.07 Å². The van der Waals surface area contributed by atoms with Crippen LogP contribution in [0.5, 0.6) is 5.75 Å². The van der Waals surface area contributed by atoms with Gasteiger partial charge in [-0.05, 0) is 19.1 Å². The molecule has 0 amide bonds. The average molecular weight is 269 g/mol. The van der Waals surface area contributed by atoms with Crippen molar-refractivity contribution in [3.63, 3.8) is 0 Å². The summed E-state index contributed by atoms with van der Waals surface area (Å²) in [6, 6.07) is 5.67. The van der Waals surface area contributed by atoms with Crippen LogP contribution in [0.4, 0.5) is 5.82 Å². The number of hydrogen-bond acceptors (Lipinski definition) is 5. The van der Waals surface area contributed by atoms with Gasteiger partial charge in [-0.15, -0.1) is 0 Å². The van der Waals surface area contributed by atoms with Crippen molar-refractivity contribution in [1.29, 1.82) is 0 Å². The minimum atomic E-state index is -4.40. The Hall–Kier alpha value is -2.06. The zero-order valence-electron chi connectivity index (χ0n) is 9.40. The maximum absolute atomic E-state index is 11.2. The second kappa shape index (κ2) is 4.00. The number of hydrogen-bond donors (Lipinski definition) is 3. The summed E-state index contributed by atoms with van der Waals surface area (Å²) >= 11 is 0. The van der Waals surface area contributed by atoms with Crippen molar-refractivity contribution in [3.8, 4) is 11.4 Å². The minimum absolute atomic E-state index is 0.0703. The molecule has 1 aromatic carbocycles. The van der Waals surface area contributed by atoms with Gasteiger partial charge in [0.1, 0.15) is 10.6 Å². The monoisotopic (exact) mass is 269 g/mol. The van der Waals surface area contributed by atoms with E-state index in [0.29, 0.717) is 0 Å². The highest BCUT2D eigenvalue weighted by Crippen LogP contribution is 2.29. The van der Waals surface area contributed by atoms with Crippen LogP contribution in [0.2, 0.25) is 0 Å². The molecule has 1 aromatic heterocycles. The normalized spacial score (nSPS) is 11.7. The van der Waals surface area contributed by atoms with Crippen molar-refractivity contribution in [3.05, 3.63) is 30.0 Å². The summed E-state index contributed by atoms with van der Waals surface area (Å²) in [6.45, 7) is 1.53. The van der Waals surface area contributed by atoms with E-state index in [1.165, 1.54) is 25.1 Å².